The topological polar surface area (TPSA) is 99.1 Å². The van der Waals surface area contributed by atoms with Crippen LogP contribution in [0.1, 0.15) is 15.9 Å². The van der Waals surface area contributed by atoms with Crippen molar-refractivity contribution in [3.8, 4) is 5.75 Å². The van der Waals surface area contributed by atoms with Gasteiger partial charge in [0, 0.05) is 19.7 Å². The van der Waals surface area contributed by atoms with Gasteiger partial charge in [-0.05, 0) is 35.9 Å². The molecule has 0 fully saturated rings. The monoisotopic (exact) mass is 347 g/mol. The van der Waals surface area contributed by atoms with Gasteiger partial charge in [-0.1, -0.05) is 18.2 Å². The Morgan fingerprint density at radius 2 is 1.88 bits per heavy atom. The van der Waals surface area contributed by atoms with E-state index in [4.69, 9.17) is 0 Å². The lowest BCUT2D eigenvalue weighted by Crippen LogP contribution is -2.23. The van der Waals surface area contributed by atoms with Crippen molar-refractivity contribution in [1.29, 1.82) is 0 Å². The van der Waals surface area contributed by atoms with Crippen LogP contribution in [0.5, 0.6) is 5.75 Å². The van der Waals surface area contributed by atoms with E-state index in [1.807, 2.05) is 0 Å². The third-order valence-corrected chi connectivity index (χ3v) is 4.94. The molecule has 1 amide bonds. The van der Waals surface area contributed by atoms with Crippen LogP contribution in [0.2, 0.25) is 0 Å². The number of phenols is 1. The van der Waals surface area contributed by atoms with Crippen LogP contribution in [0, 0.1) is 0 Å². The Bertz CT molecular complexity index is 876. The van der Waals surface area contributed by atoms with E-state index in [0.29, 0.717) is 5.56 Å². The summed E-state index contributed by atoms with van der Waals surface area (Å²) in [6.45, 7) is 0. The van der Waals surface area contributed by atoms with Crippen molar-refractivity contribution < 1.29 is 18.3 Å². The molecule has 7 nitrogen and oxygen atoms in total. The van der Waals surface area contributed by atoms with Crippen molar-refractivity contribution in [3.63, 3.8) is 0 Å². The first-order valence-corrected chi connectivity index (χ1v) is 8.40. The molecule has 0 spiro atoms. The average Bonchev–Trinajstić information content (AvgIpc) is 2.55. The minimum Gasteiger partial charge on any atom is -0.508 e. The summed E-state index contributed by atoms with van der Waals surface area (Å²) < 4.78 is 25.2. The summed E-state index contributed by atoms with van der Waals surface area (Å²) in [7, 11) is -0.777. The molecule has 2 rings (SSSR count). The number of benzene rings is 2. The van der Waals surface area contributed by atoms with Gasteiger partial charge < -0.3 is 5.11 Å². The number of hydrazone groups is 1. The molecule has 2 aromatic carbocycles. The Kier molecular flexibility index (Phi) is 5.32. The number of hydrogen-bond acceptors (Lipinski definition) is 5. The highest BCUT2D eigenvalue weighted by Crippen LogP contribution is 2.15. The van der Waals surface area contributed by atoms with Gasteiger partial charge in [0.1, 0.15) is 5.75 Å². The van der Waals surface area contributed by atoms with Gasteiger partial charge in [-0.3, -0.25) is 4.79 Å². The molecule has 0 aliphatic carbocycles. The zero-order chi connectivity index (χ0) is 17.7. The van der Waals surface area contributed by atoms with Crippen molar-refractivity contribution >= 4 is 22.1 Å². The molecule has 0 saturated carbocycles. The molecule has 0 aromatic heterocycles. The number of rotatable bonds is 5. The van der Waals surface area contributed by atoms with E-state index in [1.54, 1.807) is 12.1 Å². The molecular weight excluding hydrogens is 330 g/mol. The highest BCUT2D eigenvalue weighted by molar-refractivity contribution is 7.89. The number of aromatic hydroxyl groups is 1. The second-order valence-corrected chi connectivity index (χ2v) is 7.26. The van der Waals surface area contributed by atoms with Crippen molar-refractivity contribution in [2.24, 2.45) is 5.10 Å². The first kappa shape index (κ1) is 17.6. The summed E-state index contributed by atoms with van der Waals surface area (Å²) in [6, 6.07) is 12.1. The highest BCUT2D eigenvalue weighted by atomic mass is 32.2. The lowest BCUT2D eigenvalue weighted by Gasteiger charge is -2.11. The van der Waals surface area contributed by atoms with Crippen LogP contribution in [-0.2, 0) is 10.0 Å². The van der Waals surface area contributed by atoms with Crippen molar-refractivity contribution in [2.45, 2.75) is 4.90 Å². The molecule has 0 bridgehead atoms. The lowest BCUT2D eigenvalue weighted by atomic mass is 10.2. The molecular formula is C16H17N3O4S. The van der Waals surface area contributed by atoms with Gasteiger partial charge >= 0.3 is 0 Å². The molecule has 0 atom stereocenters. The first-order valence-electron chi connectivity index (χ1n) is 6.96. The third-order valence-electron chi connectivity index (χ3n) is 3.12. The average molecular weight is 347 g/mol. The molecule has 0 radical (unpaired) electrons. The molecule has 0 unspecified atom stereocenters. The fourth-order valence-corrected chi connectivity index (χ4v) is 2.79. The number of phenolic OH excluding ortho intramolecular Hbond substituents is 1. The molecule has 2 aromatic rings. The smallest absolute Gasteiger partial charge is 0.271 e. The fraction of sp³-hybridized carbons (Fsp3) is 0.125. The van der Waals surface area contributed by atoms with Gasteiger partial charge in [0.05, 0.1) is 11.1 Å². The van der Waals surface area contributed by atoms with Crippen LogP contribution in [0.3, 0.4) is 0 Å². The summed E-state index contributed by atoms with van der Waals surface area (Å²) in [4.78, 5) is 12.1. The fourth-order valence-electron chi connectivity index (χ4n) is 1.84. The van der Waals surface area contributed by atoms with Gasteiger partial charge in [0.15, 0.2) is 0 Å². The number of carbonyl (C=O) groups is 1. The minimum absolute atomic E-state index is 0.0251. The normalized spacial score (nSPS) is 11.8. The third kappa shape index (κ3) is 4.18. The largest absolute Gasteiger partial charge is 0.508 e. The molecule has 24 heavy (non-hydrogen) atoms. The second kappa shape index (κ2) is 7.24. The number of sulfonamides is 1. The number of nitrogens with zero attached hydrogens (tertiary/aromatic N) is 2. The van der Waals surface area contributed by atoms with Gasteiger partial charge in [0.25, 0.3) is 5.91 Å². The molecule has 126 valence electrons. The van der Waals surface area contributed by atoms with Crippen LogP contribution in [0.4, 0.5) is 0 Å². The predicted octanol–water partition coefficient (Wildman–Crippen LogP) is 1.41. The van der Waals surface area contributed by atoms with Gasteiger partial charge in [-0.25, -0.2) is 18.1 Å². The van der Waals surface area contributed by atoms with Crippen LogP contribution in [0.25, 0.3) is 0 Å². The van der Waals surface area contributed by atoms with E-state index in [-0.39, 0.29) is 16.2 Å². The molecule has 2 N–H and O–H groups in total. The summed E-state index contributed by atoms with van der Waals surface area (Å²) in [6.07, 6.45) is 1.37. The molecule has 0 aliphatic rings. The summed E-state index contributed by atoms with van der Waals surface area (Å²) >= 11 is 0. The Balaban J connectivity index is 2.13. The minimum atomic E-state index is -3.61. The number of nitrogens with one attached hydrogen (secondary N) is 1. The maximum atomic E-state index is 12.1. The van der Waals surface area contributed by atoms with Gasteiger partial charge in [-0.15, -0.1) is 0 Å². The Hall–Kier alpha value is -2.71. The summed E-state index contributed by atoms with van der Waals surface area (Å²) in [5, 5.41) is 13.1. The van der Waals surface area contributed by atoms with E-state index in [2.05, 4.69) is 10.5 Å². The van der Waals surface area contributed by atoms with E-state index < -0.39 is 15.9 Å². The van der Waals surface area contributed by atoms with Crippen LogP contribution < -0.4 is 5.43 Å². The zero-order valence-electron chi connectivity index (χ0n) is 13.2. The van der Waals surface area contributed by atoms with Crippen LogP contribution >= 0.6 is 0 Å². The SMILES string of the molecule is CN(C)S(=O)(=O)c1cccc(C(=O)N/N=C\c2cccc(O)c2)c1. The number of amides is 1. The molecule has 0 heterocycles. The van der Waals surface area contributed by atoms with Gasteiger partial charge in [0.2, 0.25) is 10.0 Å². The van der Waals surface area contributed by atoms with E-state index in [0.717, 1.165) is 4.31 Å². The van der Waals surface area contributed by atoms with E-state index >= 15 is 0 Å². The Labute approximate surface area is 140 Å². The lowest BCUT2D eigenvalue weighted by molar-refractivity contribution is 0.0955. The van der Waals surface area contributed by atoms with E-state index in [9.17, 15) is 18.3 Å². The van der Waals surface area contributed by atoms with Crippen molar-refractivity contribution in [3.05, 3.63) is 59.7 Å². The Morgan fingerprint density at radius 3 is 2.54 bits per heavy atom. The first-order chi connectivity index (χ1) is 11.3. The number of carbonyl (C=O) groups excluding carboxylic acids is 1. The second-order valence-electron chi connectivity index (χ2n) is 5.11. The molecule has 0 aliphatic heterocycles. The molecule has 0 saturated heterocycles. The van der Waals surface area contributed by atoms with Crippen LogP contribution in [-0.4, -0.2) is 44.0 Å². The maximum Gasteiger partial charge on any atom is 0.271 e. The maximum absolute atomic E-state index is 12.1. The van der Waals surface area contributed by atoms with E-state index in [1.165, 1.54) is 56.7 Å². The summed E-state index contributed by atoms with van der Waals surface area (Å²) in [5.74, 6) is -0.450. The van der Waals surface area contributed by atoms with Crippen LogP contribution in [0.15, 0.2) is 58.5 Å². The summed E-state index contributed by atoms with van der Waals surface area (Å²) in [5.41, 5.74) is 3.10. The zero-order valence-corrected chi connectivity index (χ0v) is 14.0. The molecule has 8 heteroatoms. The van der Waals surface area contributed by atoms with Crippen molar-refractivity contribution in [2.75, 3.05) is 14.1 Å². The Morgan fingerprint density at radius 1 is 1.17 bits per heavy atom. The predicted molar refractivity (Wildman–Crippen MR) is 90.5 cm³/mol. The number of hydrogen-bond donors (Lipinski definition) is 2. The highest BCUT2D eigenvalue weighted by Gasteiger charge is 2.18. The van der Waals surface area contributed by atoms with Gasteiger partial charge in [-0.2, -0.15) is 5.10 Å². The quantitative estimate of drug-likeness (QED) is 0.631. The van der Waals surface area contributed by atoms with Crippen molar-refractivity contribution in [1.82, 2.24) is 9.73 Å². The standard InChI is InChI=1S/C16H17N3O4S/c1-19(2)24(22,23)15-8-4-6-13(10-15)16(21)18-17-11-12-5-3-7-14(20)9-12/h3-11,20H,1-2H3,(H,18,21)/b17-11-.